The minimum absolute atomic E-state index is 0. The maximum atomic E-state index is 13.3. The zero-order valence-corrected chi connectivity index (χ0v) is 16.6. The molecule has 2 unspecified atom stereocenters. The highest BCUT2D eigenvalue weighted by molar-refractivity contribution is 6.00. The molecule has 1 aromatic heterocycles. The number of amides is 2. The molecule has 2 amide bonds. The van der Waals surface area contributed by atoms with Gasteiger partial charge in [0.15, 0.2) is 0 Å². The lowest BCUT2D eigenvalue weighted by Crippen LogP contribution is -2.52. The van der Waals surface area contributed by atoms with Crippen LogP contribution in [0, 0.1) is 0 Å². The van der Waals surface area contributed by atoms with Crippen LogP contribution < -0.4 is 15.5 Å². The molecule has 1 aliphatic heterocycles. The first-order valence-corrected chi connectivity index (χ1v) is 8.83. The normalized spacial score (nSPS) is 17.5. The van der Waals surface area contributed by atoms with Gasteiger partial charge in [0.1, 0.15) is 6.04 Å². The standard InChI is InChI=1S/C19H25N5O2.ClH/c1-13(20-2)18(25)22-16-9-8-14-6-4-5-7-17(14)24(19(16)26)11-15-10-21-12-23(15)3;/h4-7,10,12-13,16,20H,8-9,11H2,1-3H3,(H,22,25);1H. The van der Waals surface area contributed by atoms with Gasteiger partial charge in [0.05, 0.1) is 24.6 Å². The lowest BCUT2D eigenvalue weighted by atomic mass is 10.1. The summed E-state index contributed by atoms with van der Waals surface area (Å²) in [5.41, 5.74) is 2.95. The summed E-state index contributed by atoms with van der Waals surface area (Å²) in [5.74, 6) is -0.259. The average Bonchev–Trinajstić information content (AvgIpc) is 3.01. The number of nitrogens with zero attached hydrogens (tertiary/aromatic N) is 3. The molecule has 0 bridgehead atoms. The molecular weight excluding hydrogens is 366 g/mol. The fraction of sp³-hybridized carbons (Fsp3) is 0.421. The molecule has 0 aliphatic carbocycles. The number of likely N-dealkylation sites (N-methyl/N-ethyl adjacent to an activating group) is 1. The van der Waals surface area contributed by atoms with Gasteiger partial charge in [-0.15, -0.1) is 12.4 Å². The number of halogens is 1. The number of hydrogen-bond acceptors (Lipinski definition) is 4. The molecule has 2 atom stereocenters. The molecule has 0 fully saturated rings. The van der Waals surface area contributed by atoms with E-state index in [2.05, 4.69) is 15.6 Å². The van der Waals surface area contributed by atoms with Gasteiger partial charge in [-0.1, -0.05) is 18.2 Å². The van der Waals surface area contributed by atoms with Crippen molar-refractivity contribution in [3.63, 3.8) is 0 Å². The van der Waals surface area contributed by atoms with Crippen LogP contribution in [-0.2, 0) is 29.6 Å². The second-order valence-electron chi connectivity index (χ2n) is 6.66. The molecular formula is C19H26ClN5O2. The first-order chi connectivity index (χ1) is 12.5. The van der Waals surface area contributed by atoms with Crippen LogP contribution in [0.4, 0.5) is 5.69 Å². The molecule has 27 heavy (non-hydrogen) atoms. The Balaban J connectivity index is 0.00000261. The summed E-state index contributed by atoms with van der Waals surface area (Å²) in [6.45, 7) is 2.19. The number of para-hydroxylation sites is 1. The zero-order valence-electron chi connectivity index (χ0n) is 15.8. The van der Waals surface area contributed by atoms with Gasteiger partial charge in [-0.05, 0) is 38.4 Å². The van der Waals surface area contributed by atoms with Crippen molar-refractivity contribution in [2.45, 2.75) is 38.4 Å². The molecule has 146 valence electrons. The fourth-order valence-corrected chi connectivity index (χ4v) is 3.14. The van der Waals surface area contributed by atoms with Gasteiger partial charge in [0.25, 0.3) is 0 Å². The summed E-state index contributed by atoms with van der Waals surface area (Å²) < 4.78 is 1.90. The van der Waals surface area contributed by atoms with Gasteiger partial charge in [-0.3, -0.25) is 9.59 Å². The molecule has 0 radical (unpaired) electrons. The monoisotopic (exact) mass is 391 g/mol. The van der Waals surface area contributed by atoms with Crippen molar-refractivity contribution in [2.24, 2.45) is 7.05 Å². The summed E-state index contributed by atoms with van der Waals surface area (Å²) in [6, 6.07) is 7.03. The van der Waals surface area contributed by atoms with E-state index in [1.54, 1.807) is 31.4 Å². The van der Waals surface area contributed by atoms with Gasteiger partial charge >= 0.3 is 0 Å². The number of carbonyl (C=O) groups is 2. The van der Waals surface area contributed by atoms with Crippen molar-refractivity contribution in [3.05, 3.63) is 48.0 Å². The third-order valence-corrected chi connectivity index (χ3v) is 4.93. The maximum Gasteiger partial charge on any atom is 0.249 e. The van der Waals surface area contributed by atoms with Crippen LogP contribution >= 0.6 is 12.4 Å². The number of nitrogens with one attached hydrogen (secondary N) is 2. The number of fused-ring (bicyclic) bond motifs is 1. The summed E-state index contributed by atoms with van der Waals surface area (Å²) in [4.78, 5) is 31.4. The van der Waals surface area contributed by atoms with E-state index in [0.29, 0.717) is 13.0 Å². The number of rotatable bonds is 5. The van der Waals surface area contributed by atoms with Gasteiger partial charge in [-0.2, -0.15) is 0 Å². The summed E-state index contributed by atoms with van der Waals surface area (Å²) in [6.07, 6.45) is 4.80. The molecule has 2 aromatic rings. The van der Waals surface area contributed by atoms with E-state index in [0.717, 1.165) is 23.4 Å². The lowest BCUT2D eigenvalue weighted by molar-refractivity contribution is -0.128. The van der Waals surface area contributed by atoms with Crippen LogP contribution in [0.15, 0.2) is 36.8 Å². The van der Waals surface area contributed by atoms with Crippen LogP contribution in [0.5, 0.6) is 0 Å². The van der Waals surface area contributed by atoms with E-state index in [-0.39, 0.29) is 30.3 Å². The molecule has 3 rings (SSSR count). The van der Waals surface area contributed by atoms with Crippen molar-refractivity contribution in [1.82, 2.24) is 20.2 Å². The minimum Gasteiger partial charge on any atom is -0.343 e. The third kappa shape index (κ3) is 4.48. The van der Waals surface area contributed by atoms with E-state index in [1.165, 1.54) is 0 Å². The van der Waals surface area contributed by atoms with Crippen molar-refractivity contribution in [2.75, 3.05) is 11.9 Å². The first kappa shape index (κ1) is 20.9. The topological polar surface area (TPSA) is 79.3 Å². The van der Waals surface area contributed by atoms with Gasteiger partial charge < -0.3 is 20.1 Å². The van der Waals surface area contributed by atoms with Gasteiger partial charge in [0, 0.05) is 18.9 Å². The lowest BCUT2D eigenvalue weighted by Gasteiger charge is -2.27. The molecule has 8 heteroatoms. The Morgan fingerprint density at radius 2 is 2.11 bits per heavy atom. The van der Waals surface area contributed by atoms with Crippen molar-refractivity contribution < 1.29 is 9.59 Å². The van der Waals surface area contributed by atoms with E-state index in [9.17, 15) is 9.59 Å². The molecule has 7 nitrogen and oxygen atoms in total. The second-order valence-corrected chi connectivity index (χ2v) is 6.66. The Labute approximate surface area is 165 Å². The Hall–Kier alpha value is -2.38. The van der Waals surface area contributed by atoms with E-state index in [1.807, 2.05) is 35.9 Å². The predicted molar refractivity (Wildman–Crippen MR) is 107 cm³/mol. The van der Waals surface area contributed by atoms with Crippen LogP contribution in [0.3, 0.4) is 0 Å². The Kier molecular flexibility index (Phi) is 6.98. The molecule has 2 heterocycles. The Morgan fingerprint density at radius 3 is 2.78 bits per heavy atom. The fourth-order valence-electron chi connectivity index (χ4n) is 3.14. The smallest absolute Gasteiger partial charge is 0.249 e. The summed E-state index contributed by atoms with van der Waals surface area (Å²) in [7, 11) is 3.63. The van der Waals surface area contributed by atoms with Crippen molar-refractivity contribution in [1.29, 1.82) is 0 Å². The number of anilines is 1. The second kappa shape index (κ2) is 9.01. The molecule has 1 aromatic carbocycles. The molecule has 2 N–H and O–H groups in total. The quantitative estimate of drug-likeness (QED) is 0.807. The SMILES string of the molecule is CNC(C)C(=O)NC1CCc2ccccc2N(Cc2cncn2C)C1=O.Cl. The zero-order chi connectivity index (χ0) is 18.7. The van der Waals surface area contributed by atoms with Crippen LogP contribution in [0.2, 0.25) is 0 Å². The van der Waals surface area contributed by atoms with Gasteiger partial charge in [0.2, 0.25) is 11.8 Å². The molecule has 0 saturated heterocycles. The van der Waals surface area contributed by atoms with E-state index in [4.69, 9.17) is 0 Å². The number of imidazole rings is 1. The largest absolute Gasteiger partial charge is 0.343 e. The highest BCUT2D eigenvalue weighted by Gasteiger charge is 2.32. The Bertz CT molecular complexity index is 807. The first-order valence-electron chi connectivity index (χ1n) is 8.83. The van der Waals surface area contributed by atoms with Crippen LogP contribution in [0.25, 0.3) is 0 Å². The minimum atomic E-state index is -0.543. The number of aryl methyl sites for hydroxylation is 2. The highest BCUT2D eigenvalue weighted by atomic mass is 35.5. The summed E-state index contributed by atoms with van der Waals surface area (Å²) in [5, 5.41) is 5.81. The number of benzene rings is 1. The highest BCUT2D eigenvalue weighted by Crippen LogP contribution is 2.28. The number of carbonyl (C=O) groups excluding carboxylic acids is 2. The number of aromatic nitrogens is 2. The average molecular weight is 392 g/mol. The molecule has 1 aliphatic rings. The number of hydrogen-bond donors (Lipinski definition) is 2. The van der Waals surface area contributed by atoms with Crippen LogP contribution in [-0.4, -0.2) is 40.5 Å². The van der Waals surface area contributed by atoms with Crippen molar-refractivity contribution in [3.8, 4) is 0 Å². The Morgan fingerprint density at radius 1 is 1.37 bits per heavy atom. The van der Waals surface area contributed by atoms with E-state index < -0.39 is 6.04 Å². The van der Waals surface area contributed by atoms with Crippen LogP contribution in [0.1, 0.15) is 24.6 Å². The third-order valence-electron chi connectivity index (χ3n) is 4.93. The molecule has 0 saturated carbocycles. The maximum absolute atomic E-state index is 13.3. The van der Waals surface area contributed by atoms with Crippen molar-refractivity contribution >= 4 is 29.9 Å². The molecule has 0 spiro atoms. The van der Waals surface area contributed by atoms with Gasteiger partial charge in [-0.25, -0.2) is 4.98 Å². The van der Waals surface area contributed by atoms with E-state index >= 15 is 0 Å². The predicted octanol–water partition coefficient (Wildman–Crippen LogP) is 1.41. The summed E-state index contributed by atoms with van der Waals surface area (Å²) >= 11 is 0.